The molecule has 5 heteroatoms. The number of carbonyl (C=O) groups is 1. The molecule has 0 aliphatic carbocycles. The van der Waals surface area contributed by atoms with E-state index in [1.54, 1.807) is 7.11 Å². The summed E-state index contributed by atoms with van der Waals surface area (Å²) in [5.74, 6) is 0.771. The zero-order valence-corrected chi connectivity index (χ0v) is 10.5. The average Bonchev–Trinajstić information content (AvgIpc) is 2.42. The molecular formula is C13H19NO4. The number of hydrogen-bond donors (Lipinski definition) is 2. The first-order valence-corrected chi connectivity index (χ1v) is 5.90. The van der Waals surface area contributed by atoms with Gasteiger partial charge in [-0.2, -0.15) is 0 Å². The summed E-state index contributed by atoms with van der Waals surface area (Å²) in [6, 6.07) is 7.32. The Morgan fingerprint density at radius 1 is 1.28 bits per heavy atom. The van der Waals surface area contributed by atoms with Crippen LogP contribution in [0.3, 0.4) is 0 Å². The van der Waals surface area contributed by atoms with Gasteiger partial charge in [0, 0.05) is 13.2 Å². The van der Waals surface area contributed by atoms with E-state index >= 15 is 0 Å². The molecular weight excluding hydrogens is 234 g/mol. The Morgan fingerprint density at radius 2 is 2.00 bits per heavy atom. The van der Waals surface area contributed by atoms with Crippen molar-refractivity contribution in [2.24, 2.45) is 0 Å². The standard InChI is InChI=1S/C13H19NO4/c1-17-12-6-4-11(5-7-12)10-18-13(16)14-8-2-3-9-15/h4-7,15H,2-3,8-10H2,1H3,(H,14,16). The Hall–Kier alpha value is -1.75. The van der Waals surface area contributed by atoms with Gasteiger partial charge in [-0.15, -0.1) is 0 Å². The molecule has 0 radical (unpaired) electrons. The Morgan fingerprint density at radius 3 is 2.61 bits per heavy atom. The van der Waals surface area contributed by atoms with E-state index in [-0.39, 0.29) is 13.2 Å². The molecule has 0 unspecified atom stereocenters. The number of alkyl carbamates (subject to hydrolysis) is 1. The summed E-state index contributed by atoms with van der Waals surface area (Å²) in [4.78, 5) is 11.3. The van der Waals surface area contributed by atoms with Crippen LogP contribution in [0.2, 0.25) is 0 Å². The molecule has 100 valence electrons. The van der Waals surface area contributed by atoms with Gasteiger partial charge >= 0.3 is 6.09 Å². The molecule has 0 aliphatic heterocycles. The van der Waals surface area contributed by atoms with E-state index in [2.05, 4.69) is 5.32 Å². The predicted octanol–water partition coefficient (Wildman–Crippen LogP) is 1.69. The molecule has 0 aliphatic rings. The van der Waals surface area contributed by atoms with Gasteiger partial charge in [-0.25, -0.2) is 4.79 Å². The van der Waals surface area contributed by atoms with E-state index in [0.717, 1.165) is 17.7 Å². The lowest BCUT2D eigenvalue weighted by Gasteiger charge is -2.07. The minimum Gasteiger partial charge on any atom is -0.497 e. The van der Waals surface area contributed by atoms with Crippen molar-refractivity contribution in [1.29, 1.82) is 0 Å². The van der Waals surface area contributed by atoms with Crippen LogP contribution in [-0.2, 0) is 11.3 Å². The number of rotatable bonds is 7. The minimum atomic E-state index is -0.441. The fourth-order valence-electron chi connectivity index (χ4n) is 1.35. The Labute approximate surface area is 107 Å². The molecule has 0 heterocycles. The van der Waals surface area contributed by atoms with Crippen LogP contribution in [0.5, 0.6) is 5.75 Å². The van der Waals surface area contributed by atoms with Gasteiger partial charge in [-0.3, -0.25) is 0 Å². The number of amides is 1. The highest BCUT2D eigenvalue weighted by Crippen LogP contribution is 2.11. The van der Waals surface area contributed by atoms with Gasteiger partial charge in [0.25, 0.3) is 0 Å². The summed E-state index contributed by atoms with van der Waals surface area (Å²) in [6.45, 7) is 0.889. The predicted molar refractivity (Wildman–Crippen MR) is 67.5 cm³/mol. The number of carbonyl (C=O) groups excluding carboxylic acids is 1. The molecule has 0 spiro atoms. The second-order valence-electron chi connectivity index (χ2n) is 3.78. The minimum absolute atomic E-state index is 0.141. The fourth-order valence-corrected chi connectivity index (χ4v) is 1.35. The molecule has 1 rings (SSSR count). The molecule has 0 bridgehead atoms. The van der Waals surface area contributed by atoms with Gasteiger partial charge < -0.3 is 19.9 Å². The molecule has 0 saturated heterocycles. The highest BCUT2D eigenvalue weighted by Gasteiger charge is 2.02. The van der Waals surface area contributed by atoms with Crippen molar-refractivity contribution in [2.45, 2.75) is 19.4 Å². The largest absolute Gasteiger partial charge is 0.497 e. The first-order chi connectivity index (χ1) is 8.76. The lowest BCUT2D eigenvalue weighted by Crippen LogP contribution is -2.25. The Kier molecular flexibility index (Phi) is 6.64. The van der Waals surface area contributed by atoms with Gasteiger partial charge in [0.05, 0.1) is 7.11 Å². The summed E-state index contributed by atoms with van der Waals surface area (Å²) in [5, 5.41) is 11.2. The Bertz CT molecular complexity index is 351. The van der Waals surface area contributed by atoms with Crippen molar-refractivity contribution < 1.29 is 19.4 Å². The van der Waals surface area contributed by atoms with E-state index < -0.39 is 6.09 Å². The van der Waals surface area contributed by atoms with Crippen molar-refractivity contribution in [3.63, 3.8) is 0 Å². The second-order valence-corrected chi connectivity index (χ2v) is 3.78. The fraction of sp³-hybridized carbons (Fsp3) is 0.462. The number of unbranched alkanes of at least 4 members (excludes halogenated alkanes) is 1. The maximum atomic E-state index is 11.3. The normalized spacial score (nSPS) is 9.89. The van der Waals surface area contributed by atoms with Crippen LogP contribution in [0.15, 0.2) is 24.3 Å². The number of aliphatic hydroxyl groups excluding tert-OH is 1. The summed E-state index contributed by atoms with van der Waals surface area (Å²) in [6.07, 6.45) is 0.983. The topological polar surface area (TPSA) is 67.8 Å². The van der Waals surface area contributed by atoms with Gasteiger partial charge in [0.15, 0.2) is 0 Å². The second kappa shape index (κ2) is 8.36. The number of benzene rings is 1. The number of ether oxygens (including phenoxy) is 2. The van der Waals surface area contributed by atoms with Gasteiger partial charge in [-0.1, -0.05) is 12.1 Å². The van der Waals surface area contributed by atoms with E-state index in [1.165, 1.54) is 0 Å². The first kappa shape index (κ1) is 14.3. The van der Waals surface area contributed by atoms with Crippen molar-refractivity contribution in [3.05, 3.63) is 29.8 Å². The molecule has 0 aromatic heterocycles. The maximum Gasteiger partial charge on any atom is 0.407 e. The van der Waals surface area contributed by atoms with Crippen molar-refractivity contribution in [1.82, 2.24) is 5.32 Å². The molecule has 1 amide bonds. The Balaban J connectivity index is 2.20. The molecule has 1 aromatic carbocycles. The zero-order chi connectivity index (χ0) is 13.2. The third kappa shape index (κ3) is 5.54. The van der Waals surface area contributed by atoms with Gasteiger partial charge in [0.2, 0.25) is 0 Å². The van der Waals surface area contributed by atoms with E-state index in [1.807, 2.05) is 24.3 Å². The van der Waals surface area contributed by atoms with Crippen LogP contribution in [0.4, 0.5) is 4.79 Å². The monoisotopic (exact) mass is 253 g/mol. The van der Waals surface area contributed by atoms with Crippen molar-refractivity contribution in [3.8, 4) is 5.75 Å². The number of methoxy groups -OCH3 is 1. The third-order valence-corrected chi connectivity index (χ3v) is 2.38. The maximum absolute atomic E-state index is 11.3. The molecule has 0 fully saturated rings. The molecule has 1 aromatic rings. The van der Waals surface area contributed by atoms with Crippen LogP contribution in [0, 0.1) is 0 Å². The van der Waals surface area contributed by atoms with Crippen molar-refractivity contribution in [2.75, 3.05) is 20.3 Å². The number of aliphatic hydroxyl groups is 1. The summed E-state index contributed by atoms with van der Waals surface area (Å²) in [7, 11) is 1.60. The van der Waals surface area contributed by atoms with Crippen LogP contribution in [0.25, 0.3) is 0 Å². The van der Waals surface area contributed by atoms with Crippen molar-refractivity contribution >= 4 is 6.09 Å². The zero-order valence-electron chi connectivity index (χ0n) is 10.5. The van der Waals surface area contributed by atoms with Crippen LogP contribution in [-0.4, -0.2) is 31.5 Å². The van der Waals surface area contributed by atoms with Crippen LogP contribution < -0.4 is 10.1 Å². The summed E-state index contributed by atoms with van der Waals surface area (Å²) >= 11 is 0. The van der Waals surface area contributed by atoms with Crippen LogP contribution >= 0.6 is 0 Å². The summed E-state index contributed by atoms with van der Waals surface area (Å²) in [5.41, 5.74) is 0.904. The highest BCUT2D eigenvalue weighted by atomic mass is 16.5. The molecule has 5 nitrogen and oxygen atoms in total. The molecule has 18 heavy (non-hydrogen) atoms. The third-order valence-electron chi connectivity index (χ3n) is 2.38. The highest BCUT2D eigenvalue weighted by molar-refractivity contribution is 5.67. The number of nitrogens with one attached hydrogen (secondary N) is 1. The smallest absolute Gasteiger partial charge is 0.407 e. The lowest BCUT2D eigenvalue weighted by molar-refractivity contribution is 0.139. The number of hydrogen-bond acceptors (Lipinski definition) is 4. The average molecular weight is 253 g/mol. The molecule has 0 saturated carbocycles. The lowest BCUT2D eigenvalue weighted by atomic mass is 10.2. The van der Waals surface area contributed by atoms with E-state index in [9.17, 15) is 4.79 Å². The molecule has 2 N–H and O–H groups in total. The SMILES string of the molecule is COc1ccc(COC(=O)NCCCCO)cc1. The van der Waals surface area contributed by atoms with Gasteiger partial charge in [0.1, 0.15) is 12.4 Å². The van der Waals surface area contributed by atoms with E-state index in [4.69, 9.17) is 14.6 Å². The molecule has 0 atom stereocenters. The van der Waals surface area contributed by atoms with Gasteiger partial charge in [-0.05, 0) is 30.5 Å². The first-order valence-electron chi connectivity index (χ1n) is 5.90. The quantitative estimate of drug-likeness (QED) is 0.726. The summed E-state index contributed by atoms with van der Waals surface area (Å²) < 4.78 is 10.1. The van der Waals surface area contributed by atoms with Crippen LogP contribution in [0.1, 0.15) is 18.4 Å². The van der Waals surface area contributed by atoms with E-state index in [0.29, 0.717) is 13.0 Å².